The van der Waals surface area contributed by atoms with Crippen LogP contribution in [0.3, 0.4) is 0 Å². The fourth-order valence-corrected chi connectivity index (χ4v) is 3.34. The summed E-state index contributed by atoms with van der Waals surface area (Å²) >= 11 is 0. The van der Waals surface area contributed by atoms with Crippen molar-refractivity contribution in [1.82, 2.24) is 9.97 Å². The second kappa shape index (κ2) is 7.11. The predicted octanol–water partition coefficient (Wildman–Crippen LogP) is 3.95. The van der Waals surface area contributed by atoms with Crippen molar-refractivity contribution in [3.8, 4) is 0 Å². The molecule has 0 aliphatic heterocycles. The van der Waals surface area contributed by atoms with Gasteiger partial charge in [0.05, 0.1) is 11.3 Å². The lowest BCUT2D eigenvalue weighted by molar-refractivity contribution is 0.0962. The Hall–Kier alpha value is -3.34. The maximum atomic E-state index is 12.5. The van der Waals surface area contributed by atoms with Crippen molar-refractivity contribution >= 4 is 17.6 Å². The molecule has 1 atom stereocenters. The lowest BCUT2D eigenvalue weighted by atomic mass is 9.82. The highest BCUT2D eigenvalue weighted by Gasteiger charge is 2.28. The number of fused-ring (bicyclic) bond motifs is 1. The standard InChI is InChI=1S/C22H19N3O2/c1-14-7-9-16(10-8-14)21(27)25-22-23-13-18-19(24-22)11-17(12-20(18)26)15-5-3-2-4-6-15/h2-10,13,17H,11-12H2,1H3,(H,23,24,25,27)/t17-/m1/s1. The molecular weight excluding hydrogens is 338 g/mol. The highest BCUT2D eigenvalue weighted by molar-refractivity contribution is 6.03. The molecule has 0 saturated heterocycles. The van der Waals surface area contributed by atoms with E-state index in [9.17, 15) is 9.59 Å². The van der Waals surface area contributed by atoms with E-state index in [0.717, 1.165) is 11.1 Å². The molecule has 134 valence electrons. The fraction of sp³-hybridized carbons (Fsp3) is 0.182. The minimum atomic E-state index is -0.267. The maximum Gasteiger partial charge on any atom is 0.258 e. The maximum absolute atomic E-state index is 12.5. The van der Waals surface area contributed by atoms with E-state index >= 15 is 0 Å². The Morgan fingerprint density at radius 1 is 1.04 bits per heavy atom. The van der Waals surface area contributed by atoms with E-state index in [0.29, 0.717) is 29.7 Å². The Kier molecular flexibility index (Phi) is 4.50. The van der Waals surface area contributed by atoms with E-state index in [4.69, 9.17) is 0 Å². The van der Waals surface area contributed by atoms with Gasteiger partial charge in [0, 0.05) is 18.2 Å². The van der Waals surface area contributed by atoms with Gasteiger partial charge in [-0.15, -0.1) is 0 Å². The summed E-state index contributed by atoms with van der Waals surface area (Å²) in [5.41, 5.74) is 3.99. The molecule has 0 spiro atoms. The summed E-state index contributed by atoms with van der Waals surface area (Å²) in [6, 6.07) is 17.3. The summed E-state index contributed by atoms with van der Waals surface area (Å²) in [6.07, 6.45) is 2.63. The number of amides is 1. The van der Waals surface area contributed by atoms with Crippen molar-refractivity contribution < 1.29 is 9.59 Å². The zero-order valence-corrected chi connectivity index (χ0v) is 15.0. The van der Waals surface area contributed by atoms with Crippen LogP contribution < -0.4 is 5.32 Å². The first-order valence-electron chi connectivity index (χ1n) is 8.92. The molecule has 4 rings (SSSR count). The number of aryl methyl sites for hydroxylation is 1. The normalized spacial score (nSPS) is 15.9. The van der Waals surface area contributed by atoms with Crippen LogP contribution in [0.15, 0.2) is 60.8 Å². The van der Waals surface area contributed by atoms with Gasteiger partial charge in [0.1, 0.15) is 0 Å². The van der Waals surface area contributed by atoms with Crippen LogP contribution in [-0.2, 0) is 6.42 Å². The third-order valence-electron chi connectivity index (χ3n) is 4.85. The van der Waals surface area contributed by atoms with E-state index in [-0.39, 0.29) is 23.6 Å². The van der Waals surface area contributed by atoms with Crippen molar-refractivity contribution in [2.24, 2.45) is 0 Å². The van der Waals surface area contributed by atoms with Crippen molar-refractivity contribution in [1.29, 1.82) is 0 Å². The number of benzene rings is 2. The molecular formula is C22H19N3O2. The number of carbonyl (C=O) groups is 2. The van der Waals surface area contributed by atoms with Crippen molar-refractivity contribution in [2.75, 3.05) is 5.32 Å². The van der Waals surface area contributed by atoms with E-state index in [1.54, 1.807) is 12.1 Å². The fourth-order valence-electron chi connectivity index (χ4n) is 3.34. The first-order valence-corrected chi connectivity index (χ1v) is 8.92. The Balaban J connectivity index is 1.57. The lowest BCUT2D eigenvalue weighted by Crippen LogP contribution is -2.22. The number of hydrogen-bond acceptors (Lipinski definition) is 4. The zero-order valence-electron chi connectivity index (χ0n) is 15.0. The summed E-state index contributed by atoms with van der Waals surface area (Å²) < 4.78 is 0. The van der Waals surface area contributed by atoms with Gasteiger partial charge in [0.2, 0.25) is 5.95 Å². The van der Waals surface area contributed by atoms with Crippen LogP contribution in [0.1, 0.15) is 49.9 Å². The number of nitrogens with one attached hydrogen (secondary N) is 1. The molecule has 1 aromatic heterocycles. The summed E-state index contributed by atoms with van der Waals surface area (Å²) in [7, 11) is 0. The molecule has 1 N–H and O–H groups in total. The molecule has 0 unspecified atom stereocenters. The molecule has 3 aromatic rings. The highest BCUT2D eigenvalue weighted by Crippen LogP contribution is 2.31. The molecule has 1 aliphatic rings. The van der Waals surface area contributed by atoms with Gasteiger partial charge in [-0.2, -0.15) is 0 Å². The number of rotatable bonds is 3. The molecule has 0 radical (unpaired) electrons. The molecule has 1 amide bonds. The van der Waals surface area contributed by atoms with Crippen LogP contribution in [0, 0.1) is 6.92 Å². The monoisotopic (exact) mass is 357 g/mol. The number of ketones is 1. The van der Waals surface area contributed by atoms with Gasteiger partial charge in [-0.3, -0.25) is 14.9 Å². The van der Waals surface area contributed by atoms with Crippen LogP contribution in [0.2, 0.25) is 0 Å². The van der Waals surface area contributed by atoms with E-state index in [1.165, 1.54) is 6.20 Å². The van der Waals surface area contributed by atoms with Crippen LogP contribution in [0.5, 0.6) is 0 Å². The molecule has 1 heterocycles. The Labute approximate surface area is 157 Å². The summed E-state index contributed by atoms with van der Waals surface area (Å²) in [6.45, 7) is 1.97. The summed E-state index contributed by atoms with van der Waals surface area (Å²) in [5, 5.41) is 2.72. The largest absolute Gasteiger partial charge is 0.294 e. The molecule has 0 fully saturated rings. The SMILES string of the molecule is Cc1ccc(C(=O)Nc2ncc3c(n2)C[C@@H](c2ccccc2)CC3=O)cc1. The minimum absolute atomic E-state index is 0.0431. The molecule has 2 aromatic carbocycles. The van der Waals surface area contributed by atoms with Gasteiger partial charge in [0.25, 0.3) is 5.91 Å². The lowest BCUT2D eigenvalue weighted by Gasteiger charge is -2.23. The Morgan fingerprint density at radius 2 is 1.78 bits per heavy atom. The van der Waals surface area contributed by atoms with Gasteiger partial charge in [-0.1, -0.05) is 48.0 Å². The first kappa shape index (κ1) is 17.1. The van der Waals surface area contributed by atoms with Gasteiger partial charge >= 0.3 is 0 Å². The van der Waals surface area contributed by atoms with E-state index in [2.05, 4.69) is 15.3 Å². The number of hydrogen-bond donors (Lipinski definition) is 1. The van der Waals surface area contributed by atoms with Gasteiger partial charge in [0.15, 0.2) is 5.78 Å². The Bertz CT molecular complexity index is 998. The number of anilines is 1. The van der Waals surface area contributed by atoms with Crippen LogP contribution in [-0.4, -0.2) is 21.7 Å². The number of nitrogens with zero attached hydrogens (tertiary/aromatic N) is 2. The number of carbonyl (C=O) groups excluding carboxylic acids is 2. The first-order chi connectivity index (χ1) is 13.1. The minimum Gasteiger partial charge on any atom is -0.294 e. The average Bonchev–Trinajstić information content (AvgIpc) is 2.69. The Morgan fingerprint density at radius 3 is 2.52 bits per heavy atom. The zero-order chi connectivity index (χ0) is 18.8. The second-order valence-corrected chi connectivity index (χ2v) is 6.81. The van der Waals surface area contributed by atoms with Gasteiger partial charge in [-0.05, 0) is 37.0 Å². The molecule has 5 nitrogen and oxygen atoms in total. The van der Waals surface area contributed by atoms with Crippen molar-refractivity contribution in [3.05, 3.63) is 88.7 Å². The quantitative estimate of drug-likeness (QED) is 0.770. The molecule has 0 bridgehead atoms. The summed E-state index contributed by atoms with van der Waals surface area (Å²) in [4.78, 5) is 33.5. The number of aromatic nitrogens is 2. The average molecular weight is 357 g/mol. The third kappa shape index (κ3) is 3.62. The second-order valence-electron chi connectivity index (χ2n) is 6.81. The molecule has 27 heavy (non-hydrogen) atoms. The smallest absolute Gasteiger partial charge is 0.258 e. The van der Waals surface area contributed by atoms with Crippen LogP contribution in [0.4, 0.5) is 5.95 Å². The van der Waals surface area contributed by atoms with Crippen LogP contribution >= 0.6 is 0 Å². The van der Waals surface area contributed by atoms with E-state index < -0.39 is 0 Å². The van der Waals surface area contributed by atoms with Gasteiger partial charge < -0.3 is 0 Å². The van der Waals surface area contributed by atoms with E-state index in [1.807, 2.05) is 49.4 Å². The van der Waals surface area contributed by atoms with Crippen molar-refractivity contribution in [2.45, 2.75) is 25.7 Å². The highest BCUT2D eigenvalue weighted by atomic mass is 16.1. The third-order valence-corrected chi connectivity index (χ3v) is 4.85. The topological polar surface area (TPSA) is 72.0 Å². The molecule has 5 heteroatoms. The molecule has 0 saturated carbocycles. The van der Waals surface area contributed by atoms with Gasteiger partial charge in [-0.25, -0.2) is 9.97 Å². The summed E-state index contributed by atoms with van der Waals surface area (Å²) in [5.74, 6) is 0.0980. The molecule has 1 aliphatic carbocycles. The van der Waals surface area contributed by atoms with Crippen molar-refractivity contribution in [3.63, 3.8) is 0 Å². The predicted molar refractivity (Wildman–Crippen MR) is 103 cm³/mol. The van der Waals surface area contributed by atoms with Crippen LogP contribution in [0.25, 0.3) is 0 Å². The number of Topliss-reactive ketones (excluding diaryl/α,β-unsaturated/α-hetero) is 1.